The lowest BCUT2D eigenvalue weighted by atomic mass is 10.2. The zero-order chi connectivity index (χ0) is 18.6. The molecule has 27 heavy (non-hydrogen) atoms. The number of rotatable bonds is 5. The standard InChI is InChI=1S/C22H22N4O/c1-2-25(16-17-8-4-3-5-9-17)22-23-14-12-19(24-22)21(27)26-15-13-18-10-6-7-11-20(18)26/h3-12,14H,2,13,15-16H2,1H3. The highest BCUT2D eigenvalue weighted by Gasteiger charge is 2.26. The van der Waals surface area contributed by atoms with Gasteiger partial charge in [0.05, 0.1) is 0 Å². The number of para-hydroxylation sites is 1. The maximum absolute atomic E-state index is 13.0. The Kier molecular flexibility index (Phi) is 4.83. The van der Waals surface area contributed by atoms with Crippen molar-refractivity contribution in [3.8, 4) is 0 Å². The molecule has 1 amide bonds. The normalized spacial score (nSPS) is 12.7. The first-order valence-corrected chi connectivity index (χ1v) is 9.28. The molecule has 0 radical (unpaired) electrons. The van der Waals surface area contributed by atoms with E-state index in [4.69, 9.17) is 0 Å². The molecular formula is C22H22N4O. The van der Waals surface area contributed by atoms with Crippen molar-refractivity contribution in [1.29, 1.82) is 0 Å². The van der Waals surface area contributed by atoms with Crippen LogP contribution in [0, 0.1) is 0 Å². The molecule has 1 aromatic heterocycles. The van der Waals surface area contributed by atoms with Crippen LogP contribution < -0.4 is 9.80 Å². The molecule has 1 aliphatic heterocycles. The number of aromatic nitrogens is 2. The van der Waals surface area contributed by atoms with Crippen LogP contribution in [-0.2, 0) is 13.0 Å². The molecule has 0 saturated carbocycles. The highest BCUT2D eigenvalue weighted by atomic mass is 16.2. The molecular weight excluding hydrogens is 336 g/mol. The van der Waals surface area contributed by atoms with Gasteiger partial charge in [0.15, 0.2) is 0 Å². The van der Waals surface area contributed by atoms with Gasteiger partial charge in [-0.1, -0.05) is 48.5 Å². The Balaban J connectivity index is 1.58. The molecule has 5 nitrogen and oxygen atoms in total. The van der Waals surface area contributed by atoms with Crippen molar-refractivity contribution in [3.05, 3.63) is 83.7 Å². The van der Waals surface area contributed by atoms with Crippen molar-refractivity contribution in [2.75, 3.05) is 22.9 Å². The summed E-state index contributed by atoms with van der Waals surface area (Å²) in [5.41, 5.74) is 3.81. The molecule has 0 bridgehead atoms. The Morgan fingerprint density at radius 2 is 1.85 bits per heavy atom. The van der Waals surface area contributed by atoms with E-state index in [1.54, 1.807) is 12.3 Å². The van der Waals surface area contributed by atoms with Gasteiger partial charge in [-0.3, -0.25) is 4.79 Å². The number of fused-ring (bicyclic) bond motifs is 1. The molecule has 2 aromatic carbocycles. The van der Waals surface area contributed by atoms with Gasteiger partial charge in [0.2, 0.25) is 5.95 Å². The smallest absolute Gasteiger partial charge is 0.277 e. The maximum atomic E-state index is 13.0. The number of hydrogen-bond donors (Lipinski definition) is 0. The van der Waals surface area contributed by atoms with Crippen molar-refractivity contribution in [3.63, 3.8) is 0 Å². The number of hydrogen-bond acceptors (Lipinski definition) is 4. The molecule has 136 valence electrons. The summed E-state index contributed by atoms with van der Waals surface area (Å²) in [4.78, 5) is 25.9. The second-order valence-electron chi connectivity index (χ2n) is 6.58. The number of anilines is 2. The molecule has 0 saturated heterocycles. The first kappa shape index (κ1) is 17.2. The van der Waals surface area contributed by atoms with Crippen LogP contribution in [0.2, 0.25) is 0 Å². The quantitative estimate of drug-likeness (QED) is 0.698. The Labute approximate surface area is 159 Å². The summed E-state index contributed by atoms with van der Waals surface area (Å²) >= 11 is 0. The molecule has 5 heteroatoms. The lowest BCUT2D eigenvalue weighted by Gasteiger charge is -2.22. The number of nitrogens with zero attached hydrogens (tertiary/aromatic N) is 4. The van der Waals surface area contributed by atoms with Crippen molar-refractivity contribution in [1.82, 2.24) is 9.97 Å². The van der Waals surface area contributed by atoms with Crippen LogP contribution in [0.15, 0.2) is 66.9 Å². The summed E-state index contributed by atoms with van der Waals surface area (Å²) < 4.78 is 0. The van der Waals surface area contributed by atoms with Crippen molar-refractivity contribution < 1.29 is 4.79 Å². The minimum Gasteiger partial charge on any atom is -0.337 e. The Hall–Kier alpha value is -3.21. The van der Waals surface area contributed by atoms with E-state index < -0.39 is 0 Å². The van der Waals surface area contributed by atoms with E-state index in [0.29, 0.717) is 24.7 Å². The van der Waals surface area contributed by atoms with Crippen LogP contribution >= 0.6 is 0 Å². The third-order valence-electron chi connectivity index (χ3n) is 4.88. The lowest BCUT2D eigenvalue weighted by Crippen LogP contribution is -2.31. The van der Waals surface area contributed by atoms with E-state index in [1.165, 1.54) is 11.1 Å². The predicted molar refractivity (Wildman–Crippen MR) is 107 cm³/mol. The summed E-state index contributed by atoms with van der Waals surface area (Å²) in [6, 6.07) is 20.0. The average Bonchev–Trinajstić information content (AvgIpc) is 3.16. The minimum atomic E-state index is -0.0700. The zero-order valence-electron chi connectivity index (χ0n) is 15.4. The van der Waals surface area contributed by atoms with Crippen LogP contribution in [-0.4, -0.2) is 29.0 Å². The molecule has 1 aliphatic rings. The van der Waals surface area contributed by atoms with E-state index >= 15 is 0 Å². The third-order valence-corrected chi connectivity index (χ3v) is 4.88. The van der Waals surface area contributed by atoms with E-state index in [1.807, 2.05) is 41.3 Å². The Bertz CT molecular complexity index is 942. The fraction of sp³-hybridized carbons (Fsp3) is 0.227. The van der Waals surface area contributed by atoms with E-state index in [9.17, 15) is 4.79 Å². The maximum Gasteiger partial charge on any atom is 0.277 e. The number of benzene rings is 2. The first-order chi connectivity index (χ1) is 13.3. The molecule has 4 rings (SSSR count). The topological polar surface area (TPSA) is 49.3 Å². The summed E-state index contributed by atoms with van der Waals surface area (Å²) in [6.45, 7) is 4.23. The second-order valence-corrected chi connectivity index (χ2v) is 6.58. The van der Waals surface area contributed by atoms with Gasteiger partial charge in [-0.25, -0.2) is 9.97 Å². The van der Waals surface area contributed by atoms with Gasteiger partial charge in [0, 0.05) is 31.5 Å². The van der Waals surface area contributed by atoms with Gasteiger partial charge in [0.25, 0.3) is 5.91 Å². The zero-order valence-corrected chi connectivity index (χ0v) is 15.4. The largest absolute Gasteiger partial charge is 0.337 e. The van der Waals surface area contributed by atoms with Crippen LogP contribution in [0.1, 0.15) is 28.5 Å². The molecule has 0 unspecified atom stereocenters. The minimum absolute atomic E-state index is 0.0700. The Morgan fingerprint density at radius 1 is 1.07 bits per heavy atom. The average molecular weight is 358 g/mol. The monoisotopic (exact) mass is 358 g/mol. The molecule has 2 heterocycles. The molecule has 0 atom stereocenters. The second kappa shape index (κ2) is 7.58. The van der Waals surface area contributed by atoms with E-state index in [-0.39, 0.29) is 5.91 Å². The third kappa shape index (κ3) is 3.53. The van der Waals surface area contributed by atoms with Crippen molar-refractivity contribution in [2.45, 2.75) is 19.9 Å². The van der Waals surface area contributed by atoms with Crippen molar-refractivity contribution >= 4 is 17.5 Å². The first-order valence-electron chi connectivity index (χ1n) is 9.28. The van der Waals surface area contributed by atoms with Crippen LogP contribution in [0.3, 0.4) is 0 Å². The molecule has 0 fully saturated rings. The highest BCUT2D eigenvalue weighted by Crippen LogP contribution is 2.28. The number of carbonyl (C=O) groups is 1. The molecule has 0 N–H and O–H groups in total. The van der Waals surface area contributed by atoms with Gasteiger partial charge >= 0.3 is 0 Å². The van der Waals surface area contributed by atoms with Gasteiger partial charge < -0.3 is 9.80 Å². The number of amides is 1. The Morgan fingerprint density at radius 3 is 2.67 bits per heavy atom. The van der Waals surface area contributed by atoms with Crippen LogP contribution in [0.4, 0.5) is 11.6 Å². The SMILES string of the molecule is CCN(Cc1ccccc1)c1nccc(C(=O)N2CCc3ccccc32)n1. The van der Waals surface area contributed by atoms with Crippen LogP contribution in [0.25, 0.3) is 0 Å². The van der Waals surface area contributed by atoms with Gasteiger partial charge in [-0.2, -0.15) is 0 Å². The summed E-state index contributed by atoms with van der Waals surface area (Å²) in [6.07, 6.45) is 2.56. The number of carbonyl (C=O) groups excluding carboxylic acids is 1. The predicted octanol–water partition coefficient (Wildman–Crippen LogP) is 3.71. The van der Waals surface area contributed by atoms with Gasteiger partial charge in [-0.05, 0) is 36.6 Å². The van der Waals surface area contributed by atoms with E-state index in [0.717, 1.165) is 18.7 Å². The fourth-order valence-corrected chi connectivity index (χ4v) is 3.44. The molecule has 0 aliphatic carbocycles. The van der Waals surface area contributed by atoms with Gasteiger partial charge in [0.1, 0.15) is 5.69 Å². The fourth-order valence-electron chi connectivity index (χ4n) is 3.44. The lowest BCUT2D eigenvalue weighted by molar-refractivity contribution is 0.0984. The van der Waals surface area contributed by atoms with Crippen LogP contribution in [0.5, 0.6) is 0 Å². The van der Waals surface area contributed by atoms with Crippen molar-refractivity contribution in [2.24, 2.45) is 0 Å². The van der Waals surface area contributed by atoms with E-state index in [2.05, 4.69) is 40.0 Å². The summed E-state index contributed by atoms with van der Waals surface area (Å²) in [5.74, 6) is 0.513. The highest BCUT2D eigenvalue weighted by molar-refractivity contribution is 6.06. The summed E-state index contributed by atoms with van der Waals surface area (Å²) in [5, 5.41) is 0. The van der Waals surface area contributed by atoms with Gasteiger partial charge in [-0.15, -0.1) is 0 Å². The molecule has 3 aromatic rings. The molecule has 0 spiro atoms. The summed E-state index contributed by atoms with van der Waals surface area (Å²) in [7, 11) is 0.